The number of azo groups is 2. The summed E-state index contributed by atoms with van der Waals surface area (Å²) in [7, 11) is -9.70. The lowest BCUT2D eigenvalue weighted by Crippen LogP contribution is -2.11. The number of hydrogen-bond donors (Lipinski definition) is 7. The first kappa shape index (κ1) is 34.4. The second-order valence-electron chi connectivity index (χ2n) is 11.0. The van der Waals surface area contributed by atoms with Crippen LogP contribution in [0.25, 0.3) is 21.5 Å². The quantitative estimate of drug-likeness (QED) is 0.0469. The van der Waals surface area contributed by atoms with E-state index in [0.29, 0.717) is 11.4 Å². The Balaban J connectivity index is 1.26. The van der Waals surface area contributed by atoms with Crippen LogP contribution in [-0.4, -0.2) is 42.1 Å². The number of benzene rings is 6. The third-order valence-electron chi connectivity index (χ3n) is 7.45. The van der Waals surface area contributed by atoms with Crippen LogP contribution in [0, 0.1) is 0 Å². The summed E-state index contributed by atoms with van der Waals surface area (Å²) in [5, 5.41) is 40.9. The van der Waals surface area contributed by atoms with Gasteiger partial charge in [0.1, 0.15) is 21.2 Å². The molecule has 16 nitrogen and oxygen atoms in total. The normalized spacial score (nSPS) is 12.3. The third-order valence-corrected chi connectivity index (χ3v) is 9.18. The van der Waals surface area contributed by atoms with Crippen LogP contribution in [0.1, 0.15) is 10.4 Å². The van der Waals surface area contributed by atoms with E-state index in [-0.39, 0.29) is 44.2 Å². The number of amides is 1. The molecule has 258 valence electrons. The summed E-state index contributed by atoms with van der Waals surface area (Å²) in [6.07, 6.45) is 0. The molecule has 0 aliphatic carbocycles. The van der Waals surface area contributed by atoms with Gasteiger partial charge >= 0.3 is 0 Å². The fourth-order valence-corrected chi connectivity index (χ4v) is 6.42. The van der Waals surface area contributed by atoms with Crippen molar-refractivity contribution in [3.8, 4) is 11.5 Å². The predicted octanol–water partition coefficient (Wildman–Crippen LogP) is 7.15. The largest absolute Gasteiger partial charge is 0.505 e. The van der Waals surface area contributed by atoms with Gasteiger partial charge in [-0.1, -0.05) is 12.1 Å². The van der Waals surface area contributed by atoms with Crippen molar-refractivity contribution in [3.05, 3.63) is 103 Å². The van der Waals surface area contributed by atoms with Crippen LogP contribution >= 0.6 is 0 Å². The topological polar surface area (TPSA) is 280 Å². The lowest BCUT2D eigenvalue weighted by Gasteiger charge is -2.10. The van der Waals surface area contributed by atoms with Crippen LogP contribution in [0.15, 0.2) is 127 Å². The van der Waals surface area contributed by atoms with Crippen LogP contribution in [0.4, 0.5) is 39.8 Å². The Morgan fingerprint density at radius 1 is 0.588 bits per heavy atom. The van der Waals surface area contributed by atoms with Crippen LogP contribution < -0.4 is 16.8 Å². The molecule has 0 bridgehead atoms. The Bertz CT molecular complexity index is 2700. The molecule has 0 fully saturated rings. The molecule has 6 aromatic carbocycles. The zero-order chi connectivity index (χ0) is 36.7. The Labute approximate surface area is 288 Å². The maximum absolute atomic E-state index is 13.2. The summed E-state index contributed by atoms with van der Waals surface area (Å²) in [5.74, 6) is -1.73. The van der Waals surface area contributed by atoms with E-state index in [1.807, 2.05) is 0 Å². The number of aromatic hydroxyl groups is 2. The molecule has 1 amide bonds. The van der Waals surface area contributed by atoms with E-state index in [9.17, 15) is 40.9 Å². The van der Waals surface area contributed by atoms with Crippen LogP contribution in [0.3, 0.4) is 0 Å². The zero-order valence-electron chi connectivity index (χ0n) is 25.8. The number of carbonyl (C=O) groups is 1. The average molecular weight is 728 g/mol. The minimum atomic E-state index is -4.85. The van der Waals surface area contributed by atoms with Crippen molar-refractivity contribution in [2.45, 2.75) is 9.79 Å². The van der Waals surface area contributed by atoms with Gasteiger partial charge in [-0.15, -0.1) is 10.2 Å². The van der Waals surface area contributed by atoms with Gasteiger partial charge in [-0.05, 0) is 95.7 Å². The first-order valence-corrected chi connectivity index (χ1v) is 17.4. The summed E-state index contributed by atoms with van der Waals surface area (Å²) in [6, 6.07) is 22.6. The molecule has 9 N–H and O–H groups in total. The molecule has 0 aliphatic rings. The molecule has 0 radical (unpaired) electrons. The van der Waals surface area contributed by atoms with E-state index in [4.69, 9.17) is 11.5 Å². The first-order chi connectivity index (χ1) is 24.1. The minimum absolute atomic E-state index is 0.0933. The molecule has 6 aromatic rings. The second-order valence-corrected chi connectivity index (χ2v) is 13.8. The number of nitrogens with zero attached hydrogens (tertiary/aromatic N) is 4. The Morgan fingerprint density at radius 2 is 1.06 bits per heavy atom. The van der Waals surface area contributed by atoms with E-state index in [2.05, 4.69) is 25.8 Å². The molecule has 0 saturated heterocycles. The van der Waals surface area contributed by atoms with Crippen molar-refractivity contribution in [1.29, 1.82) is 0 Å². The fourth-order valence-electron chi connectivity index (χ4n) is 5.10. The molecular formula is C33H25N7O9S2. The summed E-state index contributed by atoms with van der Waals surface area (Å²) < 4.78 is 68.1. The van der Waals surface area contributed by atoms with Gasteiger partial charge in [0.05, 0.1) is 11.4 Å². The van der Waals surface area contributed by atoms with E-state index in [1.54, 1.807) is 0 Å². The number of phenols is 2. The van der Waals surface area contributed by atoms with Crippen LogP contribution in [0.2, 0.25) is 0 Å². The molecule has 0 saturated carbocycles. The highest BCUT2D eigenvalue weighted by Gasteiger charge is 2.23. The molecule has 18 heteroatoms. The predicted molar refractivity (Wildman–Crippen MR) is 189 cm³/mol. The number of phenolic OH excluding ortho intramolecular Hbond substituents is 2. The van der Waals surface area contributed by atoms with Crippen molar-refractivity contribution in [2.24, 2.45) is 20.5 Å². The van der Waals surface area contributed by atoms with Gasteiger partial charge in [-0.3, -0.25) is 13.9 Å². The Morgan fingerprint density at radius 3 is 1.55 bits per heavy atom. The molecular weight excluding hydrogens is 703 g/mol. The molecule has 51 heavy (non-hydrogen) atoms. The Kier molecular flexibility index (Phi) is 8.83. The maximum atomic E-state index is 13.2. The standard InChI is InChI=1S/C33H25N7O9S2/c34-20-7-9-25-18(11-20)14-27(50(44,45)46)29(31(25)41)39-37-23-5-1-3-17(13-23)33(43)36-22-4-2-6-24(16-22)38-40-30-28(51(47,48)49)15-19-12-21(35)8-10-26(19)32(30)42/h1-16,41-42H,34-35H2,(H,36,43)(H,44,45,46)(H,47,48,49). The highest BCUT2D eigenvalue weighted by atomic mass is 32.2. The van der Waals surface area contributed by atoms with Crippen LogP contribution in [-0.2, 0) is 20.2 Å². The summed E-state index contributed by atoms with van der Waals surface area (Å²) >= 11 is 0. The van der Waals surface area contributed by atoms with Gasteiger partial charge in [0.15, 0.2) is 11.5 Å². The second kappa shape index (κ2) is 13.1. The average Bonchev–Trinajstić information content (AvgIpc) is 3.06. The van der Waals surface area contributed by atoms with Gasteiger partial charge in [-0.2, -0.15) is 27.1 Å². The van der Waals surface area contributed by atoms with E-state index in [1.165, 1.54) is 84.9 Å². The number of nitrogens with two attached hydrogens (primary N) is 2. The molecule has 0 unspecified atom stereocenters. The Hall–Kier alpha value is -6.47. The van der Waals surface area contributed by atoms with Gasteiger partial charge in [0.25, 0.3) is 26.1 Å². The third kappa shape index (κ3) is 7.28. The fraction of sp³-hybridized carbons (Fsp3) is 0. The van der Waals surface area contributed by atoms with Gasteiger partial charge in [-0.25, -0.2) is 0 Å². The van der Waals surface area contributed by atoms with E-state index < -0.39 is 58.8 Å². The number of carbonyl (C=O) groups excluding carboxylic acids is 1. The highest BCUT2D eigenvalue weighted by Crippen LogP contribution is 2.43. The van der Waals surface area contributed by atoms with Gasteiger partial charge < -0.3 is 27.0 Å². The molecule has 0 aliphatic heterocycles. The number of hydrogen-bond acceptors (Lipinski definition) is 13. The minimum Gasteiger partial charge on any atom is -0.505 e. The summed E-state index contributed by atoms with van der Waals surface area (Å²) in [4.78, 5) is 11.8. The van der Waals surface area contributed by atoms with E-state index in [0.717, 1.165) is 12.1 Å². The maximum Gasteiger partial charge on any atom is 0.296 e. The van der Waals surface area contributed by atoms with Crippen molar-refractivity contribution in [2.75, 3.05) is 16.8 Å². The van der Waals surface area contributed by atoms with E-state index >= 15 is 0 Å². The van der Waals surface area contributed by atoms with Crippen molar-refractivity contribution >= 4 is 87.5 Å². The number of nitrogen functional groups attached to an aromatic ring is 2. The first-order valence-electron chi connectivity index (χ1n) is 14.5. The molecule has 0 atom stereocenters. The molecule has 0 spiro atoms. The lowest BCUT2D eigenvalue weighted by atomic mass is 10.1. The summed E-state index contributed by atoms with van der Waals surface area (Å²) in [5.41, 5.74) is 11.7. The van der Waals surface area contributed by atoms with Crippen molar-refractivity contribution in [1.82, 2.24) is 0 Å². The number of fused-ring (bicyclic) bond motifs is 2. The smallest absolute Gasteiger partial charge is 0.296 e. The number of rotatable bonds is 8. The van der Waals surface area contributed by atoms with Crippen molar-refractivity contribution < 1.29 is 40.9 Å². The van der Waals surface area contributed by atoms with Gasteiger partial charge in [0, 0.05) is 33.4 Å². The molecule has 0 aromatic heterocycles. The van der Waals surface area contributed by atoms with Crippen LogP contribution in [0.5, 0.6) is 11.5 Å². The lowest BCUT2D eigenvalue weighted by molar-refractivity contribution is 0.102. The monoisotopic (exact) mass is 727 g/mol. The van der Waals surface area contributed by atoms with Crippen molar-refractivity contribution in [3.63, 3.8) is 0 Å². The molecule has 0 heterocycles. The number of nitrogens with one attached hydrogen (secondary N) is 1. The van der Waals surface area contributed by atoms with Gasteiger partial charge in [0.2, 0.25) is 0 Å². The zero-order valence-corrected chi connectivity index (χ0v) is 27.5. The SMILES string of the molecule is Nc1ccc2c(O)c(N=Nc3cccc(NC(=O)c4cccc(N=Nc5c(S(=O)(=O)O)cc6cc(N)ccc6c5O)c4)c3)c(S(=O)(=O)O)cc2c1. The molecule has 6 rings (SSSR count). The highest BCUT2D eigenvalue weighted by molar-refractivity contribution is 7.86. The number of anilines is 3. The summed E-state index contributed by atoms with van der Waals surface area (Å²) in [6.45, 7) is 0.